The lowest BCUT2D eigenvalue weighted by Crippen LogP contribution is -2.52. The van der Waals surface area contributed by atoms with Crippen LogP contribution in [0, 0.1) is 5.92 Å². The molecule has 2 saturated heterocycles. The van der Waals surface area contributed by atoms with Gasteiger partial charge in [0, 0.05) is 45.0 Å². The SMILES string of the molecule is COCCCN(C[C@@H]1CCCN2CCCC[C@@H]12)C(=O)CN1Cc2ccccc2C1=O. The molecule has 1 aromatic rings. The molecule has 0 spiro atoms. The van der Waals surface area contributed by atoms with E-state index in [4.69, 9.17) is 4.74 Å². The maximum absolute atomic E-state index is 13.3. The molecule has 0 saturated carbocycles. The van der Waals surface area contributed by atoms with Crippen molar-refractivity contribution in [1.82, 2.24) is 14.7 Å². The lowest BCUT2D eigenvalue weighted by Gasteiger charge is -2.45. The first-order valence-electron chi connectivity index (χ1n) is 11.6. The van der Waals surface area contributed by atoms with Crippen LogP contribution in [0.2, 0.25) is 0 Å². The highest BCUT2D eigenvalue weighted by Gasteiger charge is 2.35. The van der Waals surface area contributed by atoms with Gasteiger partial charge in [0.25, 0.3) is 5.91 Å². The van der Waals surface area contributed by atoms with E-state index in [9.17, 15) is 9.59 Å². The molecule has 3 heterocycles. The fraction of sp³-hybridized carbons (Fsp3) is 0.667. The Morgan fingerprint density at radius 2 is 2.00 bits per heavy atom. The summed E-state index contributed by atoms with van der Waals surface area (Å²) in [7, 11) is 1.70. The Morgan fingerprint density at radius 3 is 2.83 bits per heavy atom. The number of ether oxygens (including phenoxy) is 1. The highest BCUT2D eigenvalue weighted by Crippen LogP contribution is 2.31. The molecule has 0 bridgehead atoms. The van der Waals surface area contributed by atoms with Crippen LogP contribution in [0.4, 0.5) is 0 Å². The van der Waals surface area contributed by atoms with Gasteiger partial charge >= 0.3 is 0 Å². The molecule has 164 valence electrons. The summed E-state index contributed by atoms with van der Waals surface area (Å²) < 4.78 is 5.23. The Labute approximate surface area is 180 Å². The summed E-state index contributed by atoms with van der Waals surface area (Å²) in [6, 6.07) is 8.29. The number of rotatable bonds is 8. The summed E-state index contributed by atoms with van der Waals surface area (Å²) in [4.78, 5) is 32.4. The van der Waals surface area contributed by atoms with Crippen molar-refractivity contribution < 1.29 is 14.3 Å². The molecule has 3 aliphatic heterocycles. The number of nitrogens with zero attached hydrogens (tertiary/aromatic N) is 3. The van der Waals surface area contributed by atoms with Crippen molar-refractivity contribution in [2.75, 3.05) is 46.4 Å². The Balaban J connectivity index is 1.41. The average molecular weight is 414 g/mol. The van der Waals surface area contributed by atoms with E-state index in [2.05, 4.69) is 4.90 Å². The van der Waals surface area contributed by atoms with E-state index < -0.39 is 0 Å². The summed E-state index contributed by atoms with van der Waals surface area (Å²) in [6.07, 6.45) is 7.11. The number of piperidine rings is 2. The van der Waals surface area contributed by atoms with E-state index in [0.29, 0.717) is 31.7 Å². The molecule has 0 aliphatic carbocycles. The van der Waals surface area contributed by atoms with Gasteiger partial charge in [-0.1, -0.05) is 24.6 Å². The number of carbonyl (C=O) groups excluding carboxylic acids is 2. The number of hydrogen-bond donors (Lipinski definition) is 0. The molecule has 0 radical (unpaired) electrons. The van der Waals surface area contributed by atoms with Crippen LogP contribution in [0.3, 0.4) is 0 Å². The van der Waals surface area contributed by atoms with Gasteiger partial charge in [0.05, 0.1) is 0 Å². The minimum absolute atomic E-state index is 0.0214. The van der Waals surface area contributed by atoms with Crippen LogP contribution in [0.15, 0.2) is 24.3 Å². The molecule has 30 heavy (non-hydrogen) atoms. The van der Waals surface area contributed by atoms with Gasteiger partial charge in [0.2, 0.25) is 5.91 Å². The van der Waals surface area contributed by atoms with Gasteiger partial charge in [0.1, 0.15) is 6.54 Å². The quantitative estimate of drug-likeness (QED) is 0.615. The highest BCUT2D eigenvalue weighted by atomic mass is 16.5. The lowest BCUT2D eigenvalue weighted by atomic mass is 9.83. The zero-order valence-electron chi connectivity index (χ0n) is 18.2. The van der Waals surface area contributed by atoms with Crippen molar-refractivity contribution in [2.45, 2.75) is 51.1 Å². The van der Waals surface area contributed by atoms with Crippen LogP contribution in [-0.2, 0) is 16.1 Å². The van der Waals surface area contributed by atoms with Crippen molar-refractivity contribution in [3.63, 3.8) is 0 Å². The maximum atomic E-state index is 13.3. The summed E-state index contributed by atoms with van der Waals surface area (Å²) in [5.74, 6) is 0.587. The molecule has 0 unspecified atom stereocenters. The minimum atomic E-state index is -0.0214. The molecule has 3 aliphatic rings. The van der Waals surface area contributed by atoms with Crippen LogP contribution in [-0.4, -0.2) is 79.0 Å². The Morgan fingerprint density at radius 1 is 1.17 bits per heavy atom. The zero-order valence-corrected chi connectivity index (χ0v) is 18.2. The number of fused-ring (bicyclic) bond motifs is 2. The van der Waals surface area contributed by atoms with Crippen LogP contribution >= 0.6 is 0 Å². The minimum Gasteiger partial charge on any atom is -0.385 e. The Hall–Kier alpha value is -1.92. The predicted molar refractivity (Wildman–Crippen MR) is 116 cm³/mol. The molecular weight excluding hydrogens is 378 g/mol. The number of carbonyl (C=O) groups is 2. The van der Waals surface area contributed by atoms with Gasteiger partial charge in [-0.05, 0) is 62.7 Å². The van der Waals surface area contributed by atoms with Crippen molar-refractivity contribution >= 4 is 11.8 Å². The summed E-state index contributed by atoms with van der Waals surface area (Å²) in [6.45, 7) is 5.27. The normalized spacial score (nSPS) is 23.9. The van der Waals surface area contributed by atoms with Crippen LogP contribution in [0.25, 0.3) is 0 Å². The number of benzene rings is 1. The summed E-state index contributed by atoms with van der Waals surface area (Å²) in [5.41, 5.74) is 1.76. The second-order valence-corrected chi connectivity index (χ2v) is 9.01. The first-order chi connectivity index (χ1) is 14.7. The highest BCUT2D eigenvalue weighted by molar-refractivity contribution is 6.00. The zero-order chi connectivity index (χ0) is 20.9. The molecule has 2 amide bonds. The van der Waals surface area contributed by atoms with Gasteiger partial charge in [0.15, 0.2) is 0 Å². The molecule has 0 N–H and O–H groups in total. The van der Waals surface area contributed by atoms with Crippen LogP contribution < -0.4 is 0 Å². The van der Waals surface area contributed by atoms with E-state index in [1.54, 1.807) is 12.0 Å². The molecule has 2 atom stereocenters. The van der Waals surface area contributed by atoms with Gasteiger partial charge in [-0.25, -0.2) is 0 Å². The fourth-order valence-corrected chi connectivity index (χ4v) is 5.50. The van der Waals surface area contributed by atoms with E-state index in [1.165, 1.54) is 45.2 Å². The topological polar surface area (TPSA) is 53.1 Å². The maximum Gasteiger partial charge on any atom is 0.254 e. The predicted octanol–water partition coefficient (Wildman–Crippen LogP) is 2.77. The second kappa shape index (κ2) is 9.92. The molecule has 0 aromatic heterocycles. The standard InChI is InChI=1S/C24H35N3O3/c1-30-15-7-14-26(17-20-9-6-13-25-12-5-4-11-22(20)25)23(28)18-27-16-19-8-2-3-10-21(19)24(27)29/h2-3,8,10,20,22H,4-7,9,11-18H2,1H3/t20-,22-/m0/s1. The summed E-state index contributed by atoms with van der Waals surface area (Å²) >= 11 is 0. The molecule has 6 nitrogen and oxygen atoms in total. The van der Waals surface area contributed by atoms with E-state index in [-0.39, 0.29) is 18.4 Å². The number of amides is 2. The largest absolute Gasteiger partial charge is 0.385 e. The molecular formula is C24H35N3O3. The average Bonchev–Trinajstić information content (AvgIpc) is 3.08. The van der Waals surface area contributed by atoms with Crippen molar-refractivity contribution in [1.29, 1.82) is 0 Å². The molecule has 2 fully saturated rings. The van der Waals surface area contributed by atoms with Crippen molar-refractivity contribution in [3.8, 4) is 0 Å². The first-order valence-corrected chi connectivity index (χ1v) is 11.6. The molecule has 1 aromatic carbocycles. The van der Waals surface area contributed by atoms with Gasteiger partial charge < -0.3 is 19.4 Å². The number of hydrogen-bond acceptors (Lipinski definition) is 4. The number of methoxy groups -OCH3 is 1. The summed E-state index contributed by atoms with van der Waals surface area (Å²) in [5, 5.41) is 0. The third-order valence-electron chi connectivity index (χ3n) is 7.04. The molecule has 4 rings (SSSR count). The molecule has 6 heteroatoms. The van der Waals surface area contributed by atoms with Gasteiger partial charge in [-0.15, -0.1) is 0 Å². The van der Waals surface area contributed by atoms with Crippen LogP contribution in [0.1, 0.15) is 54.4 Å². The Bertz CT molecular complexity index is 751. The smallest absolute Gasteiger partial charge is 0.254 e. The van der Waals surface area contributed by atoms with Gasteiger partial charge in [-0.2, -0.15) is 0 Å². The van der Waals surface area contributed by atoms with E-state index in [0.717, 1.165) is 24.1 Å². The third kappa shape index (κ3) is 4.70. The van der Waals surface area contributed by atoms with E-state index >= 15 is 0 Å². The Kier molecular flexibility index (Phi) is 7.05. The fourth-order valence-electron chi connectivity index (χ4n) is 5.50. The van der Waals surface area contributed by atoms with Crippen molar-refractivity contribution in [3.05, 3.63) is 35.4 Å². The lowest BCUT2D eigenvalue weighted by molar-refractivity contribution is -0.133. The van der Waals surface area contributed by atoms with E-state index in [1.807, 2.05) is 29.2 Å². The third-order valence-corrected chi connectivity index (χ3v) is 7.04. The van der Waals surface area contributed by atoms with Crippen LogP contribution in [0.5, 0.6) is 0 Å². The monoisotopic (exact) mass is 413 g/mol. The first kappa shape index (κ1) is 21.3. The van der Waals surface area contributed by atoms with Gasteiger partial charge in [-0.3, -0.25) is 9.59 Å². The second-order valence-electron chi connectivity index (χ2n) is 9.01. The van der Waals surface area contributed by atoms with Crippen molar-refractivity contribution in [2.24, 2.45) is 5.92 Å².